The highest BCUT2D eigenvalue weighted by atomic mass is 16.6. The Balaban J connectivity index is 1.64. The van der Waals surface area contributed by atoms with Crippen molar-refractivity contribution >= 4 is 0 Å². The van der Waals surface area contributed by atoms with E-state index in [1.165, 1.54) is 0 Å². The van der Waals surface area contributed by atoms with Crippen molar-refractivity contribution in [2.75, 3.05) is 46.9 Å². The number of nitrogens with zero attached hydrogens (tertiary/aromatic N) is 3. The molecule has 5 nitrogen and oxygen atoms in total. The van der Waals surface area contributed by atoms with Crippen molar-refractivity contribution < 1.29 is 9.47 Å². The molecule has 0 aliphatic carbocycles. The first kappa shape index (κ1) is 16.8. The van der Waals surface area contributed by atoms with Gasteiger partial charge >= 0.3 is 0 Å². The summed E-state index contributed by atoms with van der Waals surface area (Å²) >= 11 is 0. The topological polar surface area (TPSA) is 37.8 Å². The first-order valence-corrected chi connectivity index (χ1v) is 8.60. The molecular formula is C18H29N3O2. The van der Waals surface area contributed by atoms with Gasteiger partial charge in [-0.05, 0) is 46.0 Å². The van der Waals surface area contributed by atoms with Crippen molar-refractivity contribution in [1.82, 2.24) is 14.8 Å². The summed E-state index contributed by atoms with van der Waals surface area (Å²) in [6.07, 6.45) is 2.53. The van der Waals surface area contributed by atoms with E-state index in [9.17, 15) is 0 Å². The zero-order chi connectivity index (χ0) is 16.3. The molecule has 2 aliphatic heterocycles. The van der Waals surface area contributed by atoms with Crippen LogP contribution in [0.15, 0.2) is 18.2 Å². The van der Waals surface area contributed by atoms with Crippen molar-refractivity contribution in [3.8, 4) is 0 Å². The van der Waals surface area contributed by atoms with Crippen LogP contribution in [-0.2, 0) is 16.0 Å². The van der Waals surface area contributed by atoms with Crippen molar-refractivity contribution in [3.63, 3.8) is 0 Å². The molecule has 0 amide bonds. The van der Waals surface area contributed by atoms with Gasteiger partial charge in [-0.1, -0.05) is 6.07 Å². The largest absolute Gasteiger partial charge is 0.377 e. The Bertz CT molecular complexity index is 523. The molecule has 3 rings (SSSR count). The van der Waals surface area contributed by atoms with E-state index in [1.807, 2.05) is 13.0 Å². The van der Waals surface area contributed by atoms with Gasteiger partial charge in [0.15, 0.2) is 0 Å². The first-order chi connectivity index (χ1) is 11.0. The predicted molar refractivity (Wildman–Crippen MR) is 90.5 cm³/mol. The minimum atomic E-state index is -0.138. The second-order valence-electron chi connectivity index (χ2n) is 7.26. The van der Waals surface area contributed by atoms with E-state index in [0.29, 0.717) is 12.7 Å². The molecule has 3 heterocycles. The van der Waals surface area contributed by atoms with E-state index in [2.05, 4.69) is 41.0 Å². The summed E-state index contributed by atoms with van der Waals surface area (Å²) < 4.78 is 12.3. The molecule has 2 aliphatic rings. The molecule has 1 aromatic heterocycles. The van der Waals surface area contributed by atoms with Gasteiger partial charge in [-0.3, -0.25) is 9.88 Å². The molecule has 5 heteroatoms. The number of pyridine rings is 1. The van der Waals surface area contributed by atoms with Gasteiger partial charge in [0, 0.05) is 31.9 Å². The van der Waals surface area contributed by atoms with Gasteiger partial charge in [0.05, 0.1) is 25.0 Å². The van der Waals surface area contributed by atoms with Crippen LogP contribution >= 0.6 is 0 Å². The average molecular weight is 319 g/mol. The predicted octanol–water partition coefficient (Wildman–Crippen LogP) is 1.70. The van der Waals surface area contributed by atoms with Gasteiger partial charge in [-0.25, -0.2) is 0 Å². The lowest BCUT2D eigenvalue weighted by atomic mass is 10.00. The van der Waals surface area contributed by atoms with Crippen LogP contribution in [0.2, 0.25) is 0 Å². The third kappa shape index (κ3) is 4.51. The summed E-state index contributed by atoms with van der Waals surface area (Å²) in [4.78, 5) is 9.28. The highest BCUT2D eigenvalue weighted by Gasteiger charge is 2.43. The van der Waals surface area contributed by atoms with Crippen molar-refractivity contribution in [2.45, 2.75) is 38.0 Å². The lowest BCUT2D eigenvalue weighted by Crippen LogP contribution is -2.45. The summed E-state index contributed by atoms with van der Waals surface area (Å²) in [5, 5.41) is 0. The SMILES string of the molecule is Cc1cccc(CN2CCOC[C@@]3(CC[C@@H](CN(C)C)O3)C2)n1. The van der Waals surface area contributed by atoms with E-state index >= 15 is 0 Å². The third-order valence-corrected chi connectivity index (χ3v) is 4.67. The summed E-state index contributed by atoms with van der Waals surface area (Å²) in [5.41, 5.74) is 2.07. The fraction of sp³-hybridized carbons (Fsp3) is 0.722. The molecule has 0 radical (unpaired) electrons. The minimum Gasteiger partial charge on any atom is -0.377 e. The molecule has 0 saturated carbocycles. The number of ether oxygens (including phenoxy) is 2. The third-order valence-electron chi connectivity index (χ3n) is 4.67. The Morgan fingerprint density at radius 2 is 2.26 bits per heavy atom. The highest BCUT2D eigenvalue weighted by Crippen LogP contribution is 2.33. The van der Waals surface area contributed by atoms with E-state index in [1.54, 1.807) is 0 Å². The Morgan fingerprint density at radius 1 is 1.39 bits per heavy atom. The fourth-order valence-corrected chi connectivity index (χ4v) is 3.69. The number of hydrogen-bond acceptors (Lipinski definition) is 5. The molecule has 2 saturated heterocycles. The Morgan fingerprint density at radius 3 is 3.04 bits per heavy atom. The smallest absolute Gasteiger partial charge is 0.105 e. The molecule has 2 atom stereocenters. The molecule has 128 valence electrons. The molecule has 0 N–H and O–H groups in total. The lowest BCUT2D eigenvalue weighted by molar-refractivity contribution is -0.0902. The maximum atomic E-state index is 6.44. The van der Waals surface area contributed by atoms with E-state index in [4.69, 9.17) is 9.47 Å². The normalized spacial score (nSPS) is 29.3. The Labute approximate surface area is 139 Å². The molecule has 23 heavy (non-hydrogen) atoms. The van der Waals surface area contributed by atoms with Crippen LogP contribution < -0.4 is 0 Å². The van der Waals surface area contributed by atoms with Crippen LogP contribution in [0.5, 0.6) is 0 Å². The molecular weight excluding hydrogens is 290 g/mol. The molecule has 2 fully saturated rings. The van der Waals surface area contributed by atoms with Crippen molar-refractivity contribution in [2.24, 2.45) is 0 Å². The average Bonchev–Trinajstić information content (AvgIpc) is 2.74. The van der Waals surface area contributed by atoms with Crippen LogP contribution in [0.4, 0.5) is 0 Å². The van der Waals surface area contributed by atoms with Gasteiger partial charge < -0.3 is 14.4 Å². The Hall–Kier alpha value is -1.01. The maximum absolute atomic E-state index is 6.44. The monoisotopic (exact) mass is 319 g/mol. The summed E-state index contributed by atoms with van der Waals surface area (Å²) in [5.74, 6) is 0. The summed E-state index contributed by atoms with van der Waals surface area (Å²) in [6.45, 7) is 7.27. The van der Waals surface area contributed by atoms with Crippen LogP contribution in [0, 0.1) is 6.92 Å². The number of aryl methyl sites for hydroxylation is 1. The van der Waals surface area contributed by atoms with E-state index < -0.39 is 0 Å². The molecule has 0 aromatic carbocycles. The highest BCUT2D eigenvalue weighted by molar-refractivity contribution is 5.10. The van der Waals surface area contributed by atoms with Gasteiger partial charge in [0.2, 0.25) is 0 Å². The zero-order valence-electron chi connectivity index (χ0n) is 14.6. The second-order valence-corrected chi connectivity index (χ2v) is 7.26. The summed E-state index contributed by atoms with van der Waals surface area (Å²) in [7, 11) is 4.21. The fourth-order valence-electron chi connectivity index (χ4n) is 3.69. The standard InChI is InChI=1S/C18H29N3O2/c1-15-5-4-6-16(19-15)11-21-9-10-22-14-18(13-21)8-7-17(23-18)12-20(2)3/h4-6,17H,7-14H2,1-3H3/t17-,18+/m0/s1. The number of likely N-dealkylation sites (N-methyl/N-ethyl adjacent to an activating group) is 1. The quantitative estimate of drug-likeness (QED) is 0.844. The first-order valence-electron chi connectivity index (χ1n) is 8.60. The van der Waals surface area contributed by atoms with Gasteiger partial charge in [0.1, 0.15) is 5.60 Å². The molecule has 0 unspecified atom stereocenters. The van der Waals surface area contributed by atoms with Crippen LogP contribution in [0.25, 0.3) is 0 Å². The van der Waals surface area contributed by atoms with Crippen molar-refractivity contribution in [3.05, 3.63) is 29.6 Å². The van der Waals surface area contributed by atoms with Crippen LogP contribution in [0.1, 0.15) is 24.2 Å². The van der Waals surface area contributed by atoms with Crippen LogP contribution in [-0.4, -0.2) is 73.4 Å². The minimum absolute atomic E-state index is 0.138. The van der Waals surface area contributed by atoms with Crippen LogP contribution in [0.3, 0.4) is 0 Å². The second kappa shape index (κ2) is 7.26. The molecule has 1 spiro atoms. The van der Waals surface area contributed by atoms with E-state index in [-0.39, 0.29) is 5.60 Å². The summed E-state index contributed by atoms with van der Waals surface area (Å²) in [6, 6.07) is 6.24. The van der Waals surface area contributed by atoms with Crippen molar-refractivity contribution in [1.29, 1.82) is 0 Å². The Kier molecular flexibility index (Phi) is 5.31. The zero-order valence-corrected chi connectivity index (χ0v) is 14.6. The lowest BCUT2D eigenvalue weighted by Gasteiger charge is -2.32. The number of aromatic nitrogens is 1. The number of rotatable bonds is 4. The van der Waals surface area contributed by atoms with Gasteiger partial charge in [0.25, 0.3) is 0 Å². The van der Waals surface area contributed by atoms with Gasteiger partial charge in [-0.15, -0.1) is 0 Å². The number of hydrogen-bond donors (Lipinski definition) is 0. The molecule has 0 bridgehead atoms. The van der Waals surface area contributed by atoms with E-state index in [0.717, 1.165) is 57.0 Å². The maximum Gasteiger partial charge on any atom is 0.105 e. The van der Waals surface area contributed by atoms with Gasteiger partial charge in [-0.2, -0.15) is 0 Å². The molecule has 1 aromatic rings.